The summed E-state index contributed by atoms with van der Waals surface area (Å²) in [6.07, 6.45) is -1.42. The van der Waals surface area contributed by atoms with Gasteiger partial charge in [0.25, 0.3) is 11.5 Å². The topological polar surface area (TPSA) is 64.0 Å². The van der Waals surface area contributed by atoms with E-state index in [4.69, 9.17) is 0 Å². The number of nitrogens with one attached hydrogen (secondary N) is 1. The molecule has 8 heteroatoms. The Kier molecular flexibility index (Phi) is 5.90. The highest BCUT2D eigenvalue weighted by molar-refractivity contribution is 5.99. The Morgan fingerprint density at radius 3 is 2.53 bits per heavy atom. The zero-order valence-electron chi connectivity index (χ0n) is 19.8. The van der Waals surface area contributed by atoms with Crippen LogP contribution in [-0.4, -0.2) is 15.5 Å². The molecular formula is C28H24F3N3O2. The van der Waals surface area contributed by atoms with E-state index >= 15 is 0 Å². The fraction of sp³-hybridized carbons (Fsp3) is 0.250. The maximum atomic E-state index is 13.5. The Hall–Kier alpha value is -3.94. The Morgan fingerprint density at radius 1 is 1.11 bits per heavy atom. The standard InChI is InChI=1S/C28H24F3N3O2/c1-16-6-12-21-25(16)22-15-18(26(35)33-17(2)23-5-3-4-14-32-23)7-13-24(22)34(27(21)36)20-10-8-19(9-11-20)28(29,30)31/h3-5,7-11,13-17H,6,12H2,1-2H3,(H,33,35)/t16?,17-/m0/s1. The molecule has 0 spiro atoms. The summed E-state index contributed by atoms with van der Waals surface area (Å²) in [5.41, 5.74) is 2.62. The van der Waals surface area contributed by atoms with Crippen molar-refractivity contribution in [1.29, 1.82) is 0 Å². The minimum Gasteiger partial charge on any atom is -0.344 e. The van der Waals surface area contributed by atoms with Gasteiger partial charge in [-0.3, -0.25) is 19.1 Å². The number of nitrogens with zero attached hydrogens (tertiary/aromatic N) is 2. The summed E-state index contributed by atoms with van der Waals surface area (Å²) in [5.74, 6) is -0.148. The van der Waals surface area contributed by atoms with Gasteiger partial charge < -0.3 is 5.32 Å². The van der Waals surface area contributed by atoms with Crippen LogP contribution in [0.3, 0.4) is 0 Å². The third-order valence-corrected chi connectivity index (χ3v) is 6.83. The van der Waals surface area contributed by atoms with Crippen molar-refractivity contribution < 1.29 is 18.0 Å². The minimum atomic E-state index is -4.46. The van der Waals surface area contributed by atoms with E-state index in [2.05, 4.69) is 10.3 Å². The Bertz CT molecular complexity index is 1510. The molecule has 1 N–H and O–H groups in total. The fourth-order valence-corrected chi connectivity index (χ4v) is 4.96. The van der Waals surface area contributed by atoms with Gasteiger partial charge in [0.2, 0.25) is 0 Å². The van der Waals surface area contributed by atoms with Gasteiger partial charge >= 0.3 is 6.18 Å². The van der Waals surface area contributed by atoms with Crippen LogP contribution in [0.1, 0.15) is 65.0 Å². The zero-order chi connectivity index (χ0) is 25.6. The molecule has 184 valence electrons. The van der Waals surface area contributed by atoms with E-state index in [1.54, 1.807) is 30.5 Å². The van der Waals surface area contributed by atoms with Crippen LogP contribution >= 0.6 is 0 Å². The Labute approximate surface area is 205 Å². The zero-order valence-corrected chi connectivity index (χ0v) is 19.8. The first-order chi connectivity index (χ1) is 17.1. The lowest BCUT2D eigenvalue weighted by Gasteiger charge is -2.18. The van der Waals surface area contributed by atoms with E-state index < -0.39 is 11.7 Å². The minimum absolute atomic E-state index is 0.128. The molecule has 36 heavy (non-hydrogen) atoms. The van der Waals surface area contributed by atoms with Gasteiger partial charge in [-0.25, -0.2) is 0 Å². The number of fused-ring (bicyclic) bond motifs is 3. The van der Waals surface area contributed by atoms with Gasteiger partial charge in [0.15, 0.2) is 0 Å². The molecule has 5 rings (SSSR count). The number of hydrogen-bond donors (Lipinski definition) is 1. The van der Waals surface area contributed by atoms with E-state index in [0.717, 1.165) is 35.2 Å². The van der Waals surface area contributed by atoms with Crippen molar-refractivity contribution in [2.75, 3.05) is 0 Å². The number of carbonyl (C=O) groups excluding carboxylic acids is 1. The van der Waals surface area contributed by atoms with E-state index in [0.29, 0.717) is 28.8 Å². The summed E-state index contributed by atoms with van der Waals surface area (Å²) < 4.78 is 40.7. The van der Waals surface area contributed by atoms with Gasteiger partial charge in [0, 0.05) is 28.4 Å². The summed E-state index contributed by atoms with van der Waals surface area (Å²) in [5, 5.41) is 3.71. The molecular weight excluding hydrogens is 467 g/mol. The lowest BCUT2D eigenvalue weighted by atomic mass is 9.96. The van der Waals surface area contributed by atoms with Crippen LogP contribution < -0.4 is 10.9 Å². The van der Waals surface area contributed by atoms with E-state index in [1.165, 1.54) is 16.7 Å². The van der Waals surface area contributed by atoms with Gasteiger partial charge in [-0.15, -0.1) is 0 Å². The number of halogens is 3. The monoisotopic (exact) mass is 491 g/mol. The van der Waals surface area contributed by atoms with E-state index in [-0.39, 0.29) is 23.4 Å². The average Bonchev–Trinajstić information content (AvgIpc) is 3.26. The van der Waals surface area contributed by atoms with Gasteiger partial charge in [-0.2, -0.15) is 13.2 Å². The molecule has 1 aliphatic carbocycles. The molecule has 0 saturated heterocycles. The smallest absolute Gasteiger partial charge is 0.344 e. The summed E-state index contributed by atoms with van der Waals surface area (Å²) in [6, 6.07) is 14.9. The molecule has 1 amide bonds. The maximum Gasteiger partial charge on any atom is 0.416 e. The predicted octanol–water partition coefficient (Wildman–Crippen LogP) is 5.95. The molecule has 2 heterocycles. The molecule has 1 unspecified atom stereocenters. The van der Waals surface area contributed by atoms with Crippen molar-refractivity contribution in [3.63, 3.8) is 0 Å². The summed E-state index contributed by atoms with van der Waals surface area (Å²) >= 11 is 0. The van der Waals surface area contributed by atoms with Crippen LogP contribution in [0.2, 0.25) is 0 Å². The number of rotatable bonds is 4. The van der Waals surface area contributed by atoms with Crippen molar-refractivity contribution in [3.8, 4) is 5.69 Å². The summed E-state index contributed by atoms with van der Waals surface area (Å²) in [6.45, 7) is 3.90. The van der Waals surface area contributed by atoms with Crippen molar-refractivity contribution >= 4 is 16.8 Å². The third-order valence-electron chi connectivity index (χ3n) is 6.83. The predicted molar refractivity (Wildman–Crippen MR) is 131 cm³/mol. The van der Waals surface area contributed by atoms with Crippen molar-refractivity contribution in [2.45, 2.75) is 44.8 Å². The molecule has 0 fully saturated rings. The highest BCUT2D eigenvalue weighted by Gasteiger charge is 2.31. The molecule has 1 aliphatic rings. The second-order valence-corrected chi connectivity index (χ2v) is 9.20. The van der Waals surface area contributed by atoms with Crippen molar-refractivity contribution in [2.24, 2.45) is 0 Å². The molecule has 2 aromatic carbocycles. The lowest BCUT2D eigenvalue weighted by molar-refractivity contribution is -0.137. The first kappa shape index (κ1) is 23.8. The highest BCUT2D eigenvalue weighted by atomic mass is 19.4. The molecule has 4 aromatic rings. The van der Waals surface area contributed by atoms with Crippen LogP contribution in [0.25, 0.3) is 16.6 Å². The summed E-state index contributed by atoms with van der Waals surface area (Å²) in [7, 11) is 0. The molecule has 0 bridgehead atoms. The number of aromatic nitrogens is 2. The van der Waals surface area contributed by atoms with Gasteiger partial charge in [0.1, 0.15) is 0 Å². The number of carbonyl (C=O) groups is 1. The molecule has 2 aromatic heterocycles. The van der Waals surface area contributed by atoms with Gasteiger partial charge in [0.05, 0.1) is 22.8 Å². The SMILES string of the molecule is CC1CCc2c1c1cc(C(=O)N[C@@H](C)c3ccccn3)ccc1n(-c1ccc(C(F)(F)F)cc1)c2=O. The van der Waals surface area contributed by atoms with Crippen molar-refractivity contribution in [3.05, 3.63) is 105 Å². The number of amides is 1. The van der Waals surface area contributed by atoms with Crippen molar-refractivity contribution in [1.82, 2.24) is 14.9 Å². The third kappa shape index (κ3) is 4.17. The van der Waals surface area contributed by atoms with Gasteiger partial charge in [-0.1, -0.05) is 13.0 Å². The van der Waals surface area contributed by atoms with Crippen LogP contribution in [0, 0.1) is 0 Å². The number of pyridine rings is 2. The Balaban J connectivity index is 1.61. The average molecular weight is 492 g/mol. The number of benzene rings is 2. The summed E-state index contributed by atoms with van der Waals surface area (Å²) in [4.78, 5) is 30.9. The largest absolute Gasteiger partial charge is 0.416 e. The number of hydrogen-bond acceptors (Lipinski definition) is 3. The van der Waals surface area contributed by atoms with Crippen LogP contribution in [0.5, 0.6) is 0 Å². The quantitative estimate of drug-likeness (QED) is 0.384. The van der Waals surface area contributed by atoms with E-state index in [9.17, 15) is 22.8 Å². The van der Waals surface area contributed by atoms with Crippen LogP contribution in [0.4, 0.5) is 13.2 Å². The lowest BCUT2D eigenvalue weighted by Crippen LogP contribution is -2.27. The van der Waals surface area contributed by atoms with Crippen LogP contribution in [0.15, 0.2) is 71.7 Å². The second kappa shape index (κ2) is 8.93. The van der Waals surface area contributed by atoms with Gasteiger partial charge in [-0.05, 0) is 85.8 Å². The maximum absolute atomic E-state index is 13.5. The molecule has 0 radical (unpaired) electrons. The molecule has 0 aliphatic heterocycles. The molecule has 0 saturated carbocycles. The molecule has 5 nitrogen and oxygen atoms in total. The van der Waals surface area contributed by atoms with E-state index in [1.807, 2.05) is 26.0 Å². The van der Waals surface area contributed by atoms with Crippen LogP contribution in [-0.2, 0) is 12.6 Å². The normalized spacial score (nSPS) is 16.1. The highest BCUT2D eigenvalue weighted by Crippen LogP contribution is 2.37. The first-order valence-electron chi connectivity index (χ1n) is 11.8. The first-order valence-corrected chi connectivity index (χ1v) is 11.8. The second-order valence-electron chi connectivity index (χ2n) is 9.20. The number of alkyl halides is 3. The molecule has 2 atom stereocenters. The Morgan fingerprint density at radius 2 is 1.86 bits per heavy atom. The fourth-order valence-electron chi connectivity index (χ4n) is 4.96.